The summed E-state index contributed by atoms with van der Waals surface area (Å²) in [6.07, 6.45) is 6.67. The van der Waals surface area contributed by atoms with Crippen LogP contribution in [-0.2, 0) is 9.59 Å². The third-order valence-corrected chi connectivity index (χ3v) is 8.44. The summed E-state index contributed by atoms with van der Waals surface area (Å²) < 4.78 is 6.45. The van der Waals surface area contributed by atoms with Crippen molar-refractivity contribution in [3.05, 3.63) is 76.7 Å². The van der Waals surface area contributed by atoms with Gasteiger partial charge >= 0.3 is 0 Å². The number of nitrogens with zero attached hydrogens (tertiary/aromatic N) is 3. The van der Waals surface area contributed by atoms with E-state index in [4.69, 9.17) is 17.0 Å². The Morgan fingerprint density at radius 2 is 1.92 bits per heavy atom. The molecule has 0 spiro atoms. The summed E-state index contributed by atoms with van der Waals surface area (Å²) in [5.74, 6) is 1.20. The molecule has 2 aromatic carbocycles. The van der Waals surface area contributed by atoms with Crippen LogP contribution >= 0.6 is 47.1 Å². The molecule has 1 aromatic heterocycles. The zero-order valence-corrected chi connectivity index (χ0v) is 23.2. The van der Waals surface area contributed by atoms with E-state index in [9.17, 15) is 9.59 Å². The van der Waals surface area contributed by atoms with Crippen LogP contribution in [-0.4, -0.2) is 50.6 Å². The first-order valence-electron chi connectivity index (χ1n) is 11.4. The fourth-order valence-electron chi connectivity index (χ4n) is 3.31. The first-order chi connectivity index (χ1) is 18.0. The number of carbonyl (C=O) groups is 2. The minimum Gasteiger partial charge on any atom is -0.497 e. The molecule has 1 aliphatic rings. The molecule has 4 rings (SSSR count). The van der Waals surface area contributed by atoms with Crippen molar-refractivity contribution in [1.82, 2.24) is 15.1 Å². The van der Waals surface area contributed by atoms with Crippen LogP contribution in [0.3, 0.4) is 0 Å². The van der Waals surface area contributed by atoms with Crippen LogP contribution in [0.5, 0.6) is 5.75 Å². The maximum Gasteiger partial charge on any atom is 0.266 e. The molecule has 3 aromatic rings. The summed E-state index contributed by atoms with van der Waals surface area (Å²) >= 11 is 9.56. The molecule has 1 fully saturated rings. The molecule has 190 valence electrons. The Morgan fingerprint density at radius 3 is 2.68 bits per heavy atom. The highest BCUT2D eigenvalue weighted by atomic mass is 32.2. The van der Waals surface area contributed by atoms with E-state index in [0.717, 1.165) is 27.0 Å². The number of carbonyl (C=O) groups excluding carboxylic acids is 2. The Balaban J connectivity index is 1.19. The first-order valence-corrected chi connectivity index (χ1v) is 14.4. The van der Waals surface area contributed by atoms with E-state index in [1.165, 1.54) is 23.1 Å². The number of benzene rings is 2. The molecule has 11 heteroatoms. The summed E-state index contributed by atoms with van der Waals surface area (Å²) in [7, 11) is 1.61. The third-order valence-electron chi connectivity index (χ3n) is 5.14. The number of rotatable bonds is 11. The molecule has 0 bridgehead atoms. The maximum atomic E-state index is 12.8. The molecule has 0 radical (unpaired) electrons. The van der Waals surface area contributed by atoms with Crippen molar-refractivity contribution < 1.29 is 14.3 Å². The van der Waals surface area contributed by atoms with Crippen LogP contribution in [0, 0.1) is 0 Å². The molecule has 1 aliphatic heterocycles. The lowest BCUT2D eigenvalue weighted by atomic mass is 10.2. The fourth-order valence-corrected chi connectivity index (χ4v) is 6.22. The molecule has 0 atom stereocenters. The molecule has 0 unspecified atom stereocenters. The monoisotopic (exact) mass is 568 g/mol. The molecule has 2 heterocycles. The lowest BCUT2D eigenvalue weighted by Gasteiger charge is -2.13. The van der Waals surface area contributed by atoms with Crippen LogP contribution in [0.1, 0.15) is 24.0 Å². The van der Waals surface area contributed by atoms with Gasteiger partial charge in [-0.05, 0) is 35.8 Å². The summed E-state index contributed by atoms with van der Waals surface area (Å²) in [6.45, 7) is 0.378. The lowest BCUT2D eigenvalue weighted by molar-refractivity contribution is -0.122. The van der Waals surface area contributed by atoms with E-state index < -0.39 is 0 Å². The van der Waals surface area contributed by atoms with Crippen molar-refractivity contribution in [1.29, 1.82) is 0 Å². The second-order valence-corrected chi connectivity index (χ2v) is 11.7. The quantitative estimate of drug-likeness (QED) is 0.131. The van der Waals surface area contributed by atoms with Gasteiger partial charge in [-0.1, -0.05) is 102 Å². The summed E-state index contributed by atoms with van der Waals surface area (Å²) in [5.41, 5.74) is 2.04. The summed E-state index contributed by atoms with van der Waals surface area (Å²) in [5, 5.41) is 11.4. The second kappa shape index (κ2) is 13.5. The zero-order chi connectivity index (χ0) is 26.0. The van der Waals surface area contributed by atoms with Crippen LogP contribution in [0.25, 0.3) is 12.2 Å². The normalized spacial score (nSPS) is 14.6. The molecule has 1 N–H and O–H groups in total. The summed E-state index contributed by atoms with van der Waals surface area (Å²) in [6, 6.07) is 17.5. The predicted molar refractivity (Wildman–Crippen MR) is 157 cm³/mol. The minimum absolute atomic E-state index is 0.140. The van der Waals surface area contributed by atoms with Crippen LogP contribution in [0.15, 0.2) is 69.9 Å². The van der Waals surface area contributed by atoms with Gasteiger partial charge in [-0.25, -0.2) is 0 Å². The SMILES string of the molecule is COc1ccc(/C=C2/SC(=S)N(CCCC(=O)Nc3nnc(SC/C=C/c4ccccc4)s3)C2=O)cc1. The average Bonchev–Trinajstić information content (AvgIpc) is 3.46. The van der Waals surface area contributed by atoms with Crippen molar-refractivity contribution in [2.45, 2.75) is 17.2 Å². The Labute approximate surface area is 233 Å². The van der Waals surface area contributed by atoms with E-state index in [0.29, 0.717) is 27.3 Å². The molecule has 37 heavy (non-hydrogen) atoms. The topological polar surface area (TPSA) is 84.4 Å². The standard InChI is InChI=1S/C26H24N4O3S4/c1-33-20-13-11-19(12-14-20)17-21-23(32)30(26(34)36-21)15-5-10-22(31)27-24-28-29-25(37-24)35-16-6-9-18-7-3-2-4-8-18/h2-4,6-9,11-14,17H,5,10,15-16H2,1H3,(H,27,28,31)/b9-6+,21-17+. The lowest BCUT2D eigenvalue weighted by Crippen LogP contribution is -2.29. The molecule has 2 amide bonds. The predicted octanol–water partition coefficient (Wildman–Crippen LogP) is 5.97. The van der Waals surface area contributed by atoms with E-state index in [1.807, 2.05) is 60.7 Å². The van der Waals surface area contributed by atoms with Gasteiger partial charge in [0.2, 0.25) is 11.0 Å². The zero-order valence-electron chi connectivity index (χ0n) is 20.0. The van der Waals surface area contributed by atoms with Crippen LogP contribution in [0.4, 0.5) is 5.13 Å². The van der Waals surface area contributed by atoms with Gasteiger partial charge in [0.15, 0.2) is 4.34 Å². The van der Waals surface area contributed by atoms with Crippen molar-refractivity contribution in [2.75, 3.05) is 24.7 Å². The van der Waals surface area contributed by atoms with E-state index in [-0.39, 0.29) is 18.2 Å². The first kappa shape index (κ1) is 27.1. The van der Waals surface area contributed by atoms with Crippen molar-refractivity contribution in [2.24, 2.45) is 0 Å². The molecular weight excluding hydrogens is 545 g/mol. The number of thiocarbonyl (C=S) groups is 1. The van der Waals surface area contributed by atoms with E-state index in [2.05, 4.69) is 27.7 Å². The Bertz CT molecular complexity index is 1310. The fraction of sp³-hybridized carbons (Fsp3) is 0.192. The van der Waals surface area contributed by atoms with Gasteiger partial charge in [0, 0.05) is 18.7 Å². The Hall–Kier alpha value is -2.99. The number of hydrogen-bond acceptors (Lipinski definition) is 9. The van der Waals surface area contributed by atoms with Gasteiger partial charge in [0.25, 0.3) is 5.91 Å². The molecule has 0 saturated carbocycles. The summed E-state index contributed by atoms with van der Waals surface area (Å²) in [4.78, 5) is 27.3. The van der Waals surface area contributed by atoms with Crippen molar-refractivity contribution in [3.63, 3.8) is 0 Å². The number of thioether (sulfide) groups is 2. The van der Waals surface area contributed by atoms with Crippen LogP contribution in [0.2, 0.25) is 0 Å². The van der Waals surface area contributed by atoms with Crippen molar-refractivity contribution in [3.8, 4) is 5.75 Å². The molecule has 7 nitrogen and oxygen atoms in total. The molecular formula is C26H24N4O3S4. The molecule has 0 aliphatic carbocycles. The number of anilines is 1. The third kappa shape index (κ3) is 8.00. The van der Waals surface area contributed by atoms with Crippen LogP contribution < -0.4 is 10.1 Å². The highest BCUT2D eigenvalue weighted by molar-refractivity contribution is 8.26. The van der Waals surface area contributed by atoms with E-state index >= 15 is 0 Å². The van der Waals surface area contributed by atoms with E-state index in [1.54, 1.807) is 23.8 Å². The van der Waals surface area contributed by atoms with Gasteiger partial charge in [-0.15, -0.1) is 10.2 Å². The highest BCUT2D eigenvalue weighted by Gasteiger charge is 2.31. The number of hydrogen-bond donors (Lipinski definition) is 1. The van der Waals surface area contributed by atoms with Gasteiger partial charge in [0.1, 0.15) is 10.1 Å². The number of amides is 2. The van der Waals surface area contributed by atoms with Gasteiger partial charge in [0.05, 0.1) is 12.0 Å². The second-order valence-electron chi connectivity index (χ2n) is 7.76. The molecule has 1 saturated heterocycles. The Kier molecular flexibility index (Phi) is 9.89. The number of ether oxygens (including phenoxy) is 1. The Morgan fingerprint density at radius 1 is 1.14 bits per heavy atom. The minimum atomic E-state index is -0.170. The average molecular weight is 569 g/mol. The highest BCUT2D eigenvalue weighted by Crippen LogP contribution is 2.33. The van der Waals surface area contributed by atoms with Gasteiger partial charge in [-0.2, -0.15) is 0 Å². The van der Waals surface area contributed by atoms with Gasteiger partial charge in [-0.3, -0.25) is 14.5 Å². The van der Waals surface area contributed by atoms with Crippen molar-refractivity contribution >= 4 is 80.5 Å². The van der Waals surface area contributed by atoms with Gasteiger partial charge < -0.3 is 10.1 Å². The number of aromatic nitrogens is 2. The maximum absolute atomic E-state index is 12.8. The smallest absolute Gasteiger partial charge is 0.266 e. The number of methoxy groups -OCH3 is 1. The largest absolute Gasteiger partial charge is 0.497 e. The number of nitrogens with one attached hydrogen (secondary N) is 1.